The van der Waals surface area contributed by atoms with E-state index in [1.165, 1.54) is 25.7 Å². The Labute approximate surface area is 103 Å². The third kappa shape index (κ3) is 2.81. The highest BCUT2D eigenvalue weighted by Gasteiger charge is 2.46. The minimum absolute atomic E-state index is 0.0296. The van der Waals surface area contributed by atoms with E-state index in [0.717, 1.165) is 5.92 Å². The average Bonchev–Trinajstić information content (AvgIpc) is 2.31. The molecule has 0 aromatic rings. The fourth-order valence-corrected chi connectivity index (χ4v) is 3.77. The van der Waals surface area contributed by atoms with E-state index in [4.69, 9.17) is 5.73 Å². The molecule has 0 bridgehead atoms. The van der Waals surface area contributed by atoms with Crippen molar-refractivity contribution < 1.29 is 8.78 Å². The summed E-state index contributed by atoms with van der Waals surface area (Å²) in [5, 5.41) is 0. The molecule has 2 aliphatic rings. The normalized spacial score (nSPS) is 36.7. The van der Waals surface area contributed by atoms with Crippen molar-refractivity contribution in [3.63, 3.8) is 0 Å². The van der Waals surface area contributed by atoms with Crippen LogP contribution in [0.15, 0.2) is 0 Å². The Kier molecular flexibility index (Phi) is 3.77. The molecule has 0 saturated heterocycles. The number of nitrogens with two attached hydrogens (primary N) is 1. The summed E-state index contributed by atoms with van der Waals surface area (Å²) in [5.74, 6) is -1.02. The number of hydrogen-bond donors (Lipinski definition) is 1. The Morgan fingerprint density at radius 2 is 1.53 bits per heavy atom. The van der Waals surface area contributed by atoms with E-state index >= 15 is 0 Å². The Balaban J connectivity index is 2.00. The van der Waals surface area contributed by atoms with Gasteiger partial charge in [-0.2, -0.15) is 0 Å². The highest BCUT2D eigenvalue weighted by atomic mass is 19.3. The number of halogens is 2. The van der Waals surface area contributed by atoms with Crippen LogP contribution in [-0.2, 0) is 0 Å². The largest absolute Gasteiger partial charge is 0.330 e. The van der Waals surface area contributed by atoms with Gasteiger partial charge in [-0.25, -0.2) is 8.78 Å². The molecule has 0 spiro atoms. The van der Waals surface area contributed by atoms with Crippen LogP contribution < -0.4 is 5.73 Å². The van der Waals surface area contributed by atoms with Crippen molar-refractivity contribution >= 4 is 0 Å². The Bertz CT molecular complexity index is 247. The van der Waals surface area contributed by atoms with E-state index in [2.05, 4.69) is 6.92 Å². The highest BCUT2D eigenvalue weighted by Crippen LogP contribution is 2.51. The molecule has 2 aliphatic carbocycles. The quantitative estimate of drug-likeness (QED) is 0.782. The number of hydrogen-bond acceptors (Lipinski definition) is 1. The molecule has 0 aromatic carbocycles. The van der Waals surface area contributed by atoms with Gasteiger partial charge in [0, 0.05) is 12.8 Å². The van der Waals surface area contributed by atoms with E-state index in [1.54, 1.807) is 0 Å². The first kappa shape index (κ1) is 13.3. The Morgan fingerprint density at radius 3 is 2.00 bits per heavy atom. The molecule has 0 atom stereocenters. The lowest BCUT2D eigenvalue weighted by molar-refractivity contribution is -0.0836. The van der Waals surface area contributed by atoms with Gasteiger partial charge in [0.1, 0.15) is 0 Å². The molecule has 2 saturated carbocycles. The molecular weight excluding hydrogens is 220 g/mol. The predicted molar refractivity (Wildman–Crippen MR) is 66.0 cm³/mol. The minimum Gasteiger partial charge on any atom is -0.330 e. The van der Waals surface area contributed by atoms with Gasteiger partial charge in [0.15, 0.2) is 0 Å². The second-order valence-corrected chi connectivity index (χ2v) is 6.38. The fraction of sp³-hybridized carbons (Fsp3) is 1.00. The zero-order valence-electron chi connectivity index (χ0n) is 10.9. The van der Waals surface area contributed by atoms with Crippen molar-refractivity contribution in [2.75, 3.05) is 6.54 Å². The van der Waals surface area contributed by atoms with Gasteiger partial charge in [-0.15, -0.1) is 0 Å². The van der Waals surface area contributed by atoms with Gasteiger partial charge in [-0.1, -0.05) is 19.8 Å². The van der Waals surface area contributed by atoms with Gasteiger partial charge in [0.05, 0.1) is 0 Å². The van der Waals surface area contributed by atoms with Crippen LogP contribution in [0.3, 0.4) is 0 Å². The molecule has 17 heavy (non-hydrogen) atoms. The topological polar surface area (TPSA) is 26.0 Å². The van der Waals surface area contributed by atoms with E-state index < -0.39 is 5.92 Å². The monoisotopic (exact) mass is 245 g/mol. The van der Waals surface area contributed by atoms with Crippen LogP contribution in [0, 0.1) is 17.3 Å². The summed E-state index contributed by atoms with van der Waals surface area (Å²) in [7, 11) is 0. The van der Waals surface area contributed by atoms with Crippen molar-refractivity contribution in [2.24, 2.45) is 23.0 Å². The molecule has 3 heteroatoms. The smallest absolute Gasteiger partial charge is 0.248 e. The van der Waals surface area contributed by atoms with Gasteiger partial charge < -0.3 is 5.73 Å². The van der Waals surface area contributed by atoms with Crippen LogP contribution in [0.4, 0.5) is 8.78 Å². The molecule has 0 heterocycles. The van der Waals surface area contributed by atoms with Gasteiger partial charge in [-0.3, -0.25) is 0 Å². The highest BCUT2D eigenvalue weighted by molar-refractivity contribution is 4.95. The Hall–Kier alpha value is -0.180. The van der Waals surface area contributed by atoms with Crippen molar-refractivity contribution in [2.45, 2.75) is 64.2 Å². The Morgan fingerprint density at radius 1 is 1.00 bits per heavy atom. The summed E-state index contributed by atoms with van der Waals surface area (Å²) >= 11 is 0. The third-order valence-electron chi connectivity index (χ3n) is 5.27. The maximum Gasteiger partial charge on any atom is 0.248 e. The van der Waals surface area contributed by atoms with Gasteiger partial charge in [-0.05, 0) is 49.5 Å². The zero-order valence-corrected chi connectivity index (χ0v) is 10.9. The summed E-state index contributed by atoms with van der Waals surface area (Å²) in [6.07, 6.45) is 6.27. The molecule has 0 aliphatic heterocycles. The van der Waals surface area contributed by atoms with E-state index in [9.17, 15) is 8.78 Å². The predicted octanol–water partition coefficient (Wildman–Crippen LogP) is 3.97. The fourth-order valence-electron chi connectivity index (χ4n) is 3.77. The van der Waals surface area contributed by atoms with E-state index in [1.807, 2.05) is 0 Å². The van der Waals surface area contributed by atoms with Gasteiger partial charge >= 0.3 is 0 Å². The first-order valence-electron chi connectivity index (χ1n) is 7.05. The molecule has 2 N–H and O–H groups in total. The van der Waals surface area contributed by atoms with Crippen LogP contribution in [-0.4, -0.2) is 12.5 Å². The molecule has 0 aromatic heterocycles. The summed E-state index contributed by atoms with van der Waals surface area (Å²) in [5.41, 5.74) is 5.98. The first-order chi connectivity index (χ1) is 7.97. The lowest BCUT2D eigenvalue weighted by atomic mass is 9.60. The molecule has 0 unspecified atom stereocenters. The molecule has 2 rings (SSSR count). The maximum atomic E-state index is 13.3. The van der Waals surface area contributed by atoms with Crippen molar-refractivity contribution in [1.29, 1.82) is 0 Å². The molecule has 2 fully saturated rings. The van der Waals surface area contributed by atoms with Gasteiger partial charge in [0.2, 0.25) is 5.92 Å². The van der Waals surface area contributed by atoms with Gasteiger partial charge in [0.25, 0.3) is 0 Å². The minimum atomic E-state index is -2.43. The standard InChI is InChI=1S/C14H25F2N/c1-11-2-4-12(5-3-11)13(10-17)6-8-14(15,16)9-7-13/h11-12H,2-10,17H2,1H3. The third-order valence-corrected chi connectivity index (χ3v) is 5.27. The summed E-state index contributed by atoms with van der Waals surface area (Å²) < 4.78 is 26.5. The van der Waals surface area contributed by atoms with Crippen molar-refractivity contribution in [3.8, 4) is 0 Å². The van der Waals surface area contributed by atoms with E-state index in [-0.39, 0.29) is 18.3 Å². The van der Waals surface area contributed by atoms with Crippen molar-refractivity contribution in [3.05, 3.63) is 0 Å². The SMILES string of the molecule is CC1CCC(C2(CN)CCC(F)(F)CC2)CC1. The van der Waals surface area contributed by atoms with Crippen LogP contribution in [0.1, 0.15) is 58.3 Å². The molecule has 0 radical (unpaired) electrons. The average molecular weight is 245 g/mol. The number of alkyl halides is 2. The lowest BCUT2D eigenvalue weighted by Crippen LogP contribution is -2.44. The lowest BCUT2D eigenvalue weighted by Gasteiger charge is -2.47. The zero-order chi connectivity index (χ0) is 12.5. The molecule has 0 amide bonds. The van der Waals surface area contributed by atoms with Crippen LogP contribution >= 0.6 is 0 Å². The summed E-state index contributed by atoms with van der Waals surface area (Å²) in [6.45, 7) is 2.89. The number of rotatable bonds is 2. The maximum absolute atomic E-state index is 13.3. The molecule has 1 nitrogen and oxygen atoms in total. The molecule has 100 valence electrons. The van der Waals surface area contributed by atoms with Crippen molar-refractivity contribution in [1.82, 2.24) is 0 Å². The summed E-state index contributed by atoms with van der Waals surface area (Å²) in [4.78, 5) is 0. The molecular formula is C14H25F2N. The van der Waals surface area contributed by atoms with Crippen LogP contribution in [0.25, 0.3) is 0 Å². The van der Waals surface area contributed by atoms with Crippen LogP contribution in [0.5, 0.6) is 0 Å². The van der Waals surface area contributed by atoms with E-state index in [0.29, 0.717) is 25.3 Å². The second-order valence-electron chi connectivity index (χ2n) is 6.38. The summed E-state index contributed by atoms with van der Waals surface area (Å²) in [6, 6.07) is 0. The first-order valence-corrected chi connectivity index (χ1v) is 7.05. The second kappa shape index (κ2) is 4.83. The van der Waals surface area contributed by atoms with Crippen LogP contribution in [0.2, 0.25) is 0 Å².